The summed E-state index contributed by atoms with van der Waals surface area (Å²) in [4.78, 5) is 0. The number of benzene rings is 9. The van der Waals surface area contributed by atoms with Crippen LogP contribution in [0.1, 0.15) is 0 Å². The van der Waals surface area contributed by atoms with Crippen LogP contribution in [0.5, 0.6) is 0 Å². The quantitative estimate of drug-likeness (QED) is 0.143. The first-order chi connectivity index (χ1) is 22.8. The molecule has 0 amide bonds. The third kappa shape index (κ3) is 4.30. The highest BCUT2D eigenvalue weighted by Gasteiger charge is 2.18. The summed E-state index contributed by atoms with van der Waals surface area (Å²) in [6.07, 6.45) is 0. The van der Waals surface area contributed by atoms with Crippen molar-refractivity contribution in [3.8, 4) is 44.5 Å². The molecule has 0 saturated carbocycles. The molecule has 9 rings (SSSR count). The number of hydrogen-bond acceptors (Lipinski definition) is 0. The van der Waals surface area contributed by atoms with Gasteiger partial charge in [-0.3, -0.25) is 0 Å². The first-order valence-corrected chi connectivity index (χ1v) is 15.9. The molecule has 9 aromatic carbocycles. The maximum atomic E-state index is 2.42. The molecule has 0 bridgehead atoms. The Morgan fingerprint density at radius 2 is 0.696 bits per heavy atom. The second kappa shape index (κ2) is 10.9. The van der Waals surface area contributed by atoms with Gasteiger partial charge in [0.15, 0.2) is 0 Å². The minimum absolute atomic E-state index is 1.22. The second-order valence-electron chi connectivity index (χ2n) is 12.1. The smallest absolute Gasteiger partial charge is 0.00259 e. The molecular weight excluding hydrogens is 553 g/mol. The van der Waals surface area contributed by atoms with Crippen LogP contribution in [-0.2, 0) is 0 Å². The summed E-state index contributed by atoms with van der Waals surface area (Å²) in [5.74, 6) is 0. The summed E-state index contributed by atoms with van der Waals surface area (Å²) >= 11 is 0. The monoisotopic (exact) mass is 582 g/mol. The largest absolute Gasteiger partial charge is 0.0622 e. The van der Waals surface area contributed by atoms with Crippen molar-refractivity contribution in [2.45, 2.75) is 0 Å². The first-order valence-electron chi connectivity index (χ1n) is 15.9. The van der Waals surface area contributed by atoms with Gasteiger partial charge in [0, 0.05) is 0 Å². The van der Waals surface area contributed by atoms with E-state index >= 15 is 0 Å². The molecule has 0 aliphatic rings. The van der Waals surface area contributed by atoms with Crippen molar-refractivity contribution in [2.75, 3.05) is 0 Å². The molecular formula is C46H30. The van der Waals surface area contributed by atoms with Crippen LogP contribution in [0.3, 0.4) is 0 Å². The molecule has 0 nitrogen and oxygen atoms in total. The fraction of sp³-hybridized carbons (Fsp3) is 0. The van der Waals surface area contributed by atoms with Gasteiger partial charge in [0.1, 0.15) is 0 Å². The van der Waals surface area contributed by atoms with Gasteiger partial charge in [0.25, 0.3) is 0 Å². The van der Waals surface area contributed by atoms with E-state index in [0.29, 0.717) is 0 Å². The molecule has 0 atom stereocenters. The lowest BCUT2D eigenvalue weighted by Crippen LogP contribution is -1.92. The van der Waals surface area contributed by atoms with E-state index < -0.39 is 0 Å². The highest BCUT2D eigenvalue weighted by molar-refractivity contribution is 6.23. The molecule has 46 heavy (non-hydrogen) atoms. The van der Waals surface area contributed by atoms with Crippen molar-refractivity contribution in [3.05, 3.63) is 182 Å². The highest BCUT2D eigenvalue weighted by atomic mass is 14.2. The van der Waals surface area contributed by atoms with Crippen molar-refractivity contribution in [3.63, 3.8) is 0 Å². The second-order valence-corrected chi connectivity index (χ2v) is 12.1. The number of fused-ring (bicyclic) bond motifs is 5. The molecule has 214 valence electrons. The molecule has 0 saturated heterocycles. The SMILES string of the molecule is c1ccc(-c2ccc3c(-c4ccccc4)c4ccccc4c(-c4ccc5cc(-c6ccccc6)c6ccccc6c5c4)c3c2)cc1. The molecule has 0 aromatic heterocycles. The van der Waals surface area contributed by atoms with Gasteiger partial charge in [-0.25, -0.2) is 0 Å². The molecule has 0 radical (unpaired) electrons. The van der Waals surface area contributed by atoms with E-state index in [1.54, 1.807) is 0 Å². The van der Waals surface area contributed by atoms with E-state index in [0.717, 1.165) is 0 Å². The van der Waals surface area contributed by atoms with Gasteiger partial charge in [-0.2, -0.15) is 0 Å². The van der Waals surface area contributed by atoms with E-state index in [1.807, 2.05) is 0 Å². The molecule has 0 heterocycles. The topological polar surface area (TPSA) is 0 Å². The normalized spacial score (nSPS) is 11.5. The molecule has 0 fully saturated rings. The lowest BCUT2D eigenvalue weighted by Gasteiger charge is -2.19. The summed E-state index contributed by atoms with van der Waals surface area (Å²) in [6, 6.07) is 66.5. The van der Waals surface area contributed by atoms with Gasteiger partial charge < -0.3 is 0 Å². The van der Waals surface area contributed by atoms with Crippen LogP contribution in [0.15, 0.2) is 182 Å². The third-order valence-corrected chi connectivity index (χ3v) is 9.43. The fourth-order valence-electron chi connectivity index (χ4n) is 7.33. The maximum Gasteiger partial charge on any atom is -0.00259 e. The van der Waals surface area contributed by atoms with Crippen molar-refractivity contribution < 1.29 is 0 Å². The first kappa shape index (κ1) is 26.4. The molecule has 0 heteroatoms. The van der Waals surface area contributed by atoms with E-state index in [2.05, 4.69) is 182 Å². The van der Waals surface area contributed by atoms with Crippen molar-refractivity contribution in [2.24, 2.45) is 0 Å². The molecule has 9 aromatic rings. The zero-order valence-corrected chi connectivity index (χ0v) is 25.3. The van der Waals surface area contributed by atoms with Crippen molar-refractivity contribution in [1.29, 1.82) is 0 Å². The Hall–Kier alpha value is -5.98. The summed E-state index contributed by atoms with van der Waals surface area (Å²) in [7, 11) is 0. The highest BCUT2D eigenvalue weighted by Crippen LogP contribution is 2.46. The lowest BCUT2D eigenvalue weighted by molar-refractivity contribution is 1.63. The van der Waals surface area contributed by atoms with E-state index in [4.69, 9.17) is 0 Å². The van der Waals surface area contributed by atoms with Crippen LogP contribution < -0.4 is 0 Å². The predicted octanol–water partition coefficient (Wildman–Crippen LogP) is 13.0. The van der Waals surface area contributed by atoms with Crippen molar-refractivity contribution in [1.82, 2.24) is 0 Å². The van der Waals surface area contributed by atoms with Gasteiger partial charge in [0.05, 0.1) is 0 Å². The third-order valence-electron chi connectivity index (χ3n) is 9.43. The Balaban J connectivity index is 1.38. The van der Waals surface area contributed by atoms with Gasteiger partial charge in [-0.15, -0.1) is 0 Å². The van der Waals surface area contributed by atoms with Gasteiger partial charge in [-0.05, 0) is 106 Å². The zero-order valence-electron chi connectivity index (χ0n) is 25.3. The lowest BCUT2D eigenvalue weighted by atomic mass is 9.84. The Kier molecular flexibility index (Phi) is 6.25. The molecule has 0 unspecified atom stereocenters. The Morgan fingerprint density at radius 1 is 0.217 bits per heavy atom. The minimum atomic E-state index is 1.22. The van der Waals surface area contributed by atoms with Crippen molar-refractivity contribution >= 4 is 43.1 Å². The molecule has 0 aliphatic carbocycles. The van der Waals surface area contributed by atoms with Crippen LogP contribution in [0.25, 0.3) is 87.6 Å². The molecule has 0 spiro atoms. The van der Waals surface area contributed by atoms with Gasteiger partial charge >= 0.3 is 0 Å². The average Bonchev–Trinajstić information content (AvgIpc) is 3.14. The van der Waals surface area contributed by atoms with E-state index in [9.17, 15) is 0 Å². The summed E-state index contributed by atoms with van der Waals surface area (Å²) in [6.45, 7) is 0. The fourth-order valence-corrected chi connectivity index (χ4v) is 7.33. The average molecular weight is 583 g/mol. The minimum Gasteiger partial charge on any atom is -0.0622 e. The van der Waals surface area contributed by atoms with Crippen LogP contribution >= 0.6 is 0 Å². The zero-order chi connectivity index (χ0) is 30.5. The Bertz CT molecular complexity index is 2540. The predicted molar refractivity (Wildman–Crippen MR) is 198 cm³/mol. The Labute approximate surface area is 268 Å². The van der Waals surface area contributed by atoms with Gasteiger partial charge in [0.2, 0.25) is 0 Å². The van der Waals surface area contributed by atoms with E-state index in [1.165, 1.54) is 87.6 Å². The molecule has 0 N–H and O–H groups in total. The van der Waals surface area contributed by atoms with Crippen LogP contribution in [-0.4, -0.2) is 0 Å². The summed E-state index contributed by atoms with van der Waals surface area (Å²) in [5, 5.41) is 10.2. The van der Waals surface area contributed by atoms with Crippen LogP contribution in [0, 0.1) is 0 Å². The van der Waals surface area contributed by atoms with Gasteiger partial charge in [-0.1, -0.05) is 164 Å². The number of hydrogen-bond donors (Lipinski definition) is 0. The van der Waals surface area contributed by atoms with Crippen LogP contribution in [0.4, 0.5) is 0 Å². The standard InChI is InChI=1S/C46H30/c1-4-14-31(15-5-1)34-26-27-41-44(28-34)46(40-23-13-12-22-39(40)45(41)33-18-8-3-9-19-33)36-25-24-35-29-42(32-16-6-2-7-17-32)37-20-10-11-21-38(37)43(35)30-36/h1-30H. The Morgan fingerprint density at radius 3 is 1.37 bits per heavy atom. The molecule has 0 aliphatic heterocycles. The summed E-state index contributed by atoms with van der Waals surface area (Å²) < 4.78 is 0. The summed E-state index contributed by atoms with van der Waals surface area (Å²) in [5.41, 5.74) is 10.00. The number of rotatable bonds is 4. The van der Waals surface area contributed by atoms with Crippen LogP contribution in [0.2, 0.25) is 0 Å². The maximum absolute atomic E-state index is 2.42. The van der Waals surface area contributed by atoms with E-state index in [-0.39, 0.29) is 0 Å².